The van der Waals surface area contributed by atoms with Crippen LogP contribution in [-0.2, 0) is 12.7 Å². The Bertz CT molecular complexity index is 1750. The highest BCUT2D eigenvalue weighted by Gasteiger charge is 2.39. The summed E-state index contributed by atoms with van der Waals surface area (Å²) in [6.45, 7) is 3.01. The number of rotatable bonds is 7. The highest BCUT2D eigenvalue weighted by atomic mass is 35.5. The summed E-state index contributed by atoms with van der Waals surface area (Å²) in [5.41, 5.74) is -3.29. The van der Waals surface area contributed by atoms with Gasteiger partial charge in [0.05, 0.1) is 41.9 Å². The van der Waals surface area contributed by atoms with E-state index in [1.54, 1.807) is 19.9 Å². The van der Waals surface area contributed by atoms with Gasteiger partial charge in [-0.2, -0.15) is 23.5 Å². The van der Waals surface area contributed by atoms with Crippen LogP contribution < -0.4 is 20.6 Å². The topological polar surface area (TPSA) is 123 Å². The van der Waals surface area contributed by atoms with Crippen molar-refractivity contribution in [1.29, 1.82) is 5.26 Å². The fourth-order valence-corrected chi connectivity index (χ4v) is 3.84. The molecule has 0 spiro atoms. The van der Waals surface area contributed by atoms with Crippen molar-refractivity contribution in [2.75, 3.05) is 0 Å². The zero-order valence-electron chi connectivity index (χ0n) is 20.7. The van der Waals surface area contributed by atoms with Crippen LogP contribution in [0.1, 0.15) is 30.8 Å². The second kappa shape index (κ2) is 11.2. The molecule has 4 aromatic rings. The Morgan fingerprint density at radius 1 is 1.15 bits per heavy atom. The van der Waals surface area contributed by atoms with Crippen molar-refractivity contribution in [3.8, 4) is 34.4 Å². The van der Waals surface area contributed by atoms with E-state index in [2.05, 4.69) is 15.2 Å². The summed E-state index contributed by atoms with van der Waals surface area (Å²) in [4.78, 5) is 28.9. The van der Waals surface area contributed by atoms with Gasteiger partial charge in [0.15, 0.2) is 17.3 Å². The molecular weight excluding hydrogens is 558 g/mol. The van der Waals surface area contributed by atoms with Crippen LogP contribution in [-0.4, -0.2) is 25.9 Å². The quantitative estimate of drug-likeness (QED) is 0.296. The lowest BCUT2D eigenvalue weighted by molar-refractivity contribution is -0.142. The van der Waals surface area contributed by atoms with Crippen molar-refractivity contribution in [2.45, 2.75) is 32.7 Å². The van der Waals surface area contributed by atoms with Gasteiger partial charge in [0.2, 0.25) is 5.75 Å². The lowest BCUT2D eigenvalue weighted by Gasteiger charge is -2.15. The number of nitrogens with one attached hydrogen (secondary N) is 1. The van der Waals surface area contributed by atoms with Crippen LogP contribution in [0.3, 0.4) is 0 Å². The number of alkyl halides is 3. The van der Waals surface area contributed by atoms with Crippen molar-refractivity contribution in [2.24, 2.45) is 0 Å². The summed E-state index contributed by atoms with van der Waals surface area (Å²) in [5, 5.41) is 15.2. The van der Waals surface area contributed by atoms with Crippen LogP contribution in [0, 0.1) is 17.1 Å². The highest BCUT2D eigenvalue weighted by molar-refractivity contribution is 6.30. The Kier molecular flexibility index (Phi) is 7.92. The van der Waals surface area contributed by atoms with E-state index in [9.17, 15) is 27.2 Å². The smallest absolute Gasteiger partial charge is 0.437 e. The first-order chi connectivity index (χ1) is 18.8. The summed E-state index contributed by atoms with van der Waals surface area (Å²) in [6, 6.07) is 10.4. The van der Waals surface area contributed by atoms with Crippen LogP contribution >= 0.6 is 11.6 Å². The standard InChI is InChI=1S/C26H18ClF4N5O4/c1-13(2)39-21-4-3-15(7-20(21)28)19-9-17(34-35-24(19)37)11-36-12-33-23(26(29,30)31)22(25(36)38)40-18-6-14(10-32)5-16(27)8-18/h3-9,12-13H,11H2,1-2H3,(H,35,37). The zero-order valence-corrected chi connectivity index (χ0v) is 21.5. The SMILES string of the molecule is CC(C)Oc1ccc(-c2cc(Cn3cnc(C(F)(F)F)c(Oc4cc(Cl)cc(C#N)c4)c3=O)n[nH]c2=O)cc1F. The van der Waals surface area contributed by atoms with E-state index in [-0.39, 0.29) is 45.0 Å². The van der Waals surface area contributed by atoms with Crippen molar-refractivity contribution in [3.05, 3.63) is 97.3 Å². The maximum absolute atomic E-state index is 14.5. The van der Waals surface area contributed by atoms with Gasteiger partial charge >= 0.3 is 6.18 Å². The van der Waals surface area contributed by atoms with Gasteiger partial charge in [-0.25, -0.2) is 14.5 Å². The van der Waals surface area contributed by atoms with E-state index in [1.165, 1.54) is 24.3 Å². The molecule has 14 heteroatoms. The number of H-pyrrole nitrogens is 1. The molecule has 206 valence electrons. The third-order valence-electron chi connectivity index (χ3n) is 5.28. The van der Waals surface area contributed by atoms with E-state index in [0.717, 1.165) is 22.8 Å². The van der Waals surface area contributed by atoms with Gasteiger partial charge < -0.3 is 9.47 Å². The molecule has 4 rings (SSSR count). The molecular formula is C26H18ClF4N5O4. The molecule has 2 aromatic carbocycles. The van der Waals surface area contributed by atoms with Gasteiger partial charge in [-0.15, -0.1) is 0 Å². The number of nitrogens with zero attached hydrogens (tertiary/aromatic N) is 4. The first-order valence-corrected chi connectivity index (χ1v) is 11.8. The molecule has 0 unspecified atom stereocenters. The predicted octanol–water partition coefficient (Wildman–Crippen LogP) is 5.30. The van der Waals surface area contributed by atoms with Gasteiger partial charge in [-0.05, 0) is 55.8 Å². The minimum Gasteiger partial charge on any atom is -0.488 e. The van der Waals surface area contributed by atoms with Crippen molar-refractivity contribution in [3.63, 3.8) is 0 Å². The average molecular weight is 576 g/mol. The first kappa shape index (κ1) is 28.3. The van der Waals surface area contributed by atoms with Crippen molar-refractivity contribution < 1.29 is 27.0 Å². The normalized spacial score (nSPS) is 11.4. The van der Waals surface area contributed by atoms with Gasteiger partial charge in [-0.3, -0.25) is 14.2 Å². The van der Waals surface area contributed by atoms with E-state index >= 15 is 0 Å². The Labute approximate surface area is 228 Å². The van der Waals surface area contributed by atoms with E-state index in [1.807, 2.05) is 0 Å². The van der Waals surface area contributed by atoms with Crippen LogP contribution in [0.2, 0.25) is 5.02 Å². The Hall–Kier alpha value is -4.70. The number of halogens is 5. The van der Waals surface area contributed by atoms with Gasteiger partial charge in [-0.1, -0.05) is 17.7 Å². The first-order valence-electron chi connectivity index (χ1n) is 11.5. The molecule has 0 aliphatic rings. The number of benzene rings is 2. The summed E-state index contributed by atoms with van der Waals surface area (Å²) < 4.78 is 66.9. The van der Waals surface area contributed by atoms with Crippen LogP contribution in [0.15, 0.2) is 58.4 Å². The lowest BCUT2D eigenvalue weighted by atomic mass is 10.1. The Morgan fingerprint density at radius 3 is 2.55 bits per heavy atom. The van der Waals surface area contributed by atoms with Crippen molar-refractivity contribution in [1.82, 2.24) is 19.7 Å². The summed E-state index contributed by atoms with van der Waals surface area (Å²) >= 11 is 5.90. The number of ether oxygens (including phenoxy) is 2. The monoisotopic (exact) mass is 575 g/mol. The number of aromatic amines is 1. The molecule has 0 fully saturated rings. The number of nitriles is 1. The molecule has 0 saturated heterocycles. The van der Waals surface area contributed by atoms with Crippen LogP contribution in [0.5, 0.6) is 17.2 Å². The molecule has 0 saturated carbocycles. The third kappa shape index (κ3) is 6.29. The average Bonchev–Trinajstić information content (AvgIpc) is 2.87. The summed E-state index contributed by atoms with van der Waals surface area (Å²) in [5.74, 6) is -2.17. The number of hydrogen-bond donors (Lipinski definition) is 1. The van der Waals surface area contributed by atoms with Crippen LogP contribution in [0.4, 0.5) is 17.6 Å². The molecule has 1 N–H and O–H groups in total. The lowest BCUT2D eigenvalue weighted by Crippen LogP contribution is -2.27. The maximum Gasteiger partial charge on any atom is 0.437 e. The molecule has 9 nitrogen and oxygen atoms in total. The number of aromatic nitrogens is 4. The molecule has 0 radical (unpaired) electrons. The second-order valence-corrected chi connectivity index (χ2v) is 9.09. The van der Waals surface area contributed by atoms with Crippen LogP contribution in [0.25, 0.3) is 11.1 Å². The minimum atomic E-state index is -5.05. The van der Waals surface area contributed by atoms with E-state index < -0.39 is 41.1 Å². The Morgan fingerprint density at radius 2 is 1.90 bits per heavy atom. The van der Waals surface area contributed by atoms with Crippen molar-refractivity contribution >= 4 is 11.6 Å². The molecule has 0 aliphatic carbocycles. The number of hydrogen-bond acceptors (Lipinski definition) is 7. The fraction of sp³-hybridized carbons (Fsp3) is 0.192. The summed E-state index contributed by atoms with van der Waals surface area (Å²) in [7, 11) is 0. The molecule has 0 amide bonds. The van der Waals surface area contributed by atoms with E-state index in [4.69, 9.17) is 26.3 Å². The largest absolute Gasteiger partial charge is 0.488 e. The predicted molar refractivity (Wildman–Crippen MR) is 135 cm³/mol. The highest BCUT2D eigenvalue weighted by Crippen LogP contribution is 2.35. The Balaban J connectivity index is 1.73. The van der Waals surface area contributed by atoms with Gasteiger partial charge in [0.25, 0.3) is 11.1 Å². The molecule has 0 aliphatic heterocycles. The summed E-state index contributed by atoms with van der Waals surface area (Å²) in [6.07, 6.45) is -4.68. The molecule has 2 heterocycles. The second-order valence-electron chi connectivity index (χ2n) is 8.66. The van der Waals surface area contributed by atoms with Gasteiger partial charge in [0.1, 0.15) is 5.75 Å². The zero-order chi connectivity index (χ0) is 29.2. The molecule has 0 bridgehead atoms. The molecule has 40 heavy (non-hydrogen) atoms. The van der Waals surface area contributed by atoms with E-state index in [0.29, 0.717) is 6.33 Å². The van der Waals surface area contributed by atoms with Gasteiger partial charge in [0, 0.05) is 5.02 Å². The fourth-order valence-electron chi connectivity index (χ4n) is 3.62. The molecule has 2 aromatic heterocycles. The molecule has 0 atom stereocenters. The third-order valence-corrected chi connectivity index (χ3v) is 5.50. The maximum atomic E-state index is 14.5. The minimum absolute atomic E-state index is 0.00275.